The van der Waals surface area contributed by atoms with Gasteiger partial charge in [-0.1, -0.05) is 42.5 Å². The Bertz CT molecular complexity index is 651. The van der Waals surface area contributed by atoms with Crippen LogP contribution in [0.2, 0.25) is 0 Å². The molecule has 0 spiro atoms. The van der Waals surface area contributed by atoms with Crippen LogP contribution in [0, 0.1) is 5.92 Å². The van der Waals surface area contributed by atoms with Gasteiger partial charge in [-0.15, -0.1) is 0 Å². The topological polar surface area (TPSA) is 29.5 Å². The van der Waals surface area contributed by atoms with Crippen LogP contribution in [0.1, 0.15) is 30.4 Å². The summed E-state index contributed by atoms with van der Waals surface area (Å²) in [7, 11) is 1.67. The lowest BCUT2D eigenvalue weighted by molar-refractivity contribution is -0.133. The Labute approximate surface area is 137 Å². The molecule has 1 fully saturated rings. The minimum Gasteiger partial charge on any atom is -0.497 e. The lowest BCUT2D eigenvalue weighted by Gasteiger charge is -2.21. The quantitative estimate of drug-likeness (QED) is 0.811. The van der Waals surface area contributed by atoms with E-state index in [4.69, 9.17) is 4.74 Å². The van der Waals surface area contributed by atoms with Crippen LogP contribution >= 0.6 is 0 Å². The molecule has 0 radical (unpaired) electrons. The summed E-state index contributed by atoms with van der Waals surface area (Å²) in [6.07, 6.45) is 0.955. The molecule has 0 saturated heterocycles. The van der Waals surface area contributed by atoms with Gasteiger partial charge in [-0.25, -0.2) is 0 Å². The second-order valence-corrected chi connectivity index (χ2v) is 6.06. The molecule has 3 nitrogen and oxygen atoms in total. The molecule has 2 aromatic rings. The SMILES string of the molecule is CCN(Cc1ccccc1)C(=O)C1CC1c1ccc(OC)cc1. The summed E-state index contributed by atoms with van der Waals surface area (Å²) in [4.78, 5) is 14.7. The zero-order valence-corrected chi connectivity index (χ0v) is 13.7. The van der Waals surface area contributed by atoms with Crippen molar-refractivity contribution in [3.05, 3.63) is 65.7 Å². The molecule has 0 aromatic heterocycles. The van der Waals surface area contributed by atoms with Crippen molar-refractivity contribution in [2.24, 2.45) is 5.92 Å². The zero-order chi connectivity index (χ0) is 16.2. The molecule has 120 valence electrons. The van der Waals surface area contributed by atoms with Gasteiger partial charge in [0.1, 0.15) is 5.75 Å². The van der Waals surface area contributed by atoms with Gasteiger partial charge < -0.3 is 9.64 Å². The number of ether oxygens (including phenoxy) is 1. The molecule has 3 rings (SSSR count). The van der Waals surface area contributed by atoms with E-state index in [1.807, 2.05) is 42.2 Å². The average molecular weight is 309 g/mol. The molecule has 23 heavy (non-hydrogen) atoms. The maximum absolute atomic E-state index is 12.7. The first kappa shape index (κ1) is 15.6. The van der Waals surface area contributed by atoms with Crippen LogP contribution in [0.5, 0.6) is 5.75 Å². The van der Waals surface area contributed by atoms with E-state index in [0.717, 1.165) is 18.7 Å². The van der Waals surface area contributed by atoms with Crippen molar-refractivity contribution in [3.63, 3.8) is 0 Å². The van der Waals surface area contributed by atoms with E-state index in [9.17, 15) is 4.79 Å². The first-order chi connectivity index (χ1) is 11.2. The minimum absolute atomic E-state index is 0.132. The Morgan fingerprint density at radius 1 is 1.13 bits per heavy atom. The van der Waals surface area contributed by atoms with Gasteiger partial charge in [-0.3, -0.25) is 4.79 Å². The van der Waals surface area contributed by atoms with Crippen molar-refractivity contribution in [2.75, 3.05) is 13.7 Å². The smallest absolute Gasteiger partial charge is 0.226 e. The van der Waals surface area contributed by atoms with Crippen molar-refractivity contribution >= 4 is 5.91 Å². The molecule has 0 aliphatic heterocycles. The molecule has 1 amide bonds. The molecule has 0 N–H and O–H groups in total. The van der Waals surface area contributed by atoms with E-state index in [1.54, 1.807) is 7.11 Å². The largest absolute Gasteiger partial charge is 0.497 e. The number of amides is 1. The van der Waals surface area contributed by atoms with Crippen molar-refractivity contribution in [3.8, 4) is 5.75 Å². The number of carbonyl (C=O) groups excluding carboxylic acids is 1. The minimum atomic E-state index is 0.132. The Morgan fingerprint density at radius 2 is 1.83 bits per heavy atom. The van der Waals surface area contributed by atoms with E-state index in [2.05, 4.69) is 24.3 Å². The first-order valence-corrected chi connectivity index (χ1v) is 8.19. The highest BCUT2D eigenvalue weighted by Crippen LogP contribution is 2.48. The van der Waals surface area contributed by atoms with Gasteiger partial charge in [0, 0.05) is 19.0 Å². The summed E-state index contributed by atoms with van der Waals surface area (Å²) in [5.74, 6) is 1.62. The molecule has 2 aromatic carbocycles. The van der Waals surface area contributed by atoms with E-state index in [1.165, 1.54) is 11.1 Å². The zero-order valence-electron chi connectivity index (χ0n) is 13.7. The molecule has 2 unspecified atom stereocenters. The van der Waals surface area contributed by atoms with E-state index >= 15 is 0 Å². The fraction of sp³-hybridized carbons (Fsp3) is 0.350. The molecular formula is C20H23NO2. The van der Waals surface area contributed by atoms with Crippen LogP contribution in [-0.4, -0.2) is 24.5 Å². The van der Waals surface area contributed by atoms with Gasteiger partial charge in [0.2, 0.25) is 5.91 Å². The Hall–Kier alpha value is -2.29. The monoisotopic (exact) mass is 309 g/mol. The van der Waals surface area contributed by atoms with Gasteiger partial charge >= 0.3 is 0 Å². The highest BCUT2D eigenvalue weighted by Gasteiger charge is 2.45. The van der Waals surface area contributed by atoms with Crippen LogP contribution in [0.25, 0.3) is 0 Å². The maximum atomic E-state index is 12.7. The third kappa shape index (κ3) is 3.55. The summed E-state index contributed by atoms with van der Waals surface area (Å²) in [5.41, 5.74) is 2.42. The molecule has 0 bridgehead atoms. The van der Waals surface area contributed by atoms with Crippen molar-refractivity contribution in [1.29, 1.82) is 0 Å². The maximum Gasteiger partial charge on any atom is 0.226 e. The predicted molar refractivity (Wildman–Crippen MR) is 91.4 cm³/mol. The van der Waals surface area contributed by atoms with Crippen LogP contribution < -0.4 is 4.74 Å². The summed E-state index contributed by atoms with van der Waals surface area (Å²) in [6.45, 7) is 3.49. The fourth-order valence-electron chi connectivity index (χ4n) is 3.07. The van der Waals surface area contributed by atoms with Gasteiger partial charge in [0.15, 0.2) is 0 Å². The summed E-state index contributed by atoms with van der Waals surface area (Å²) >= 11 is 0. The summed E-state index contributed by atoms with van der Waals surface area (Å²) < 4.78 is 5.19. The summed E-state index contributed by atoms with van der Waals surface area (Å²) in [5, 5.41) is 0. The van der Waals surface area contributed by atoms with Crippen LogP contribution in [0.15, 0.2) is 54.6 Å². The molecule has 1 aliphatic carbocycles. The Balaban J connectivity index is 1.63. The molecule has 0 heterocycles. The standard InChI is InChI=1S/C20H23NO2/c1-3-21(14-15-7-5-4-6-8-15)20(22)19-13-18(19)16-9-11-17(23-2)12-10-16/h4-12,18-19H,3,13-14H2,1-2H3. The molecule has 3 heteroatoms. The number of benzene rings is 2. The fourth-order valence-corrected chi connectivity index (χ4v) is 3.07. The molecule has 2 atom stereocenters. The van der Waals surface area contributed by atoms with Crippen LogP contribution in [-0.2, 0) is 11.3 Å². The van der Waals surface area contributed by atoms with Crippen molar-refractivity contribution in [2.45, 2.75) is 25.8 Å². The first-order valence-electron chi connectivity index (χ1n) is 8.19. The lowest BCUT2D eigenvalue weighted by atomic mass is 10.1. The van der Waals surface area contributed by atoms with Crippen molar-refractivity contribution < 1.29 is 9.53 Å². The second-order valence-electron chi connectivity index (χ2n) is 6.06. The van der Waals surface area contributed by atoms with E-state index in [-0.39, 0.29) is 11.8 Å². The number of hydrogen-bond acceptors (Lipinski definition) is 2. The van der Waals surface area contributed by atoms with Crippen LogP contribution in [0.3, 0.4) is 0 Å². The number of methoxy groups -OCH3 is 1. The third-order valence-electron chi connectivity index (χ3n) is 4.56. The van der Waals surface area contributed by atoms with Gasteiger partial charge in [0.05, 0.1) is 7.11 Å². The number of nitrogens with zero attached hydrogens (tertiary/aromatic N) is 1. The average Bonchev–Trinajstić information content (AvgIpc) is 3.41. The number of hydrogen-bond donors (Lipinski definition) is 0. The summed E-state index contributed by atoms with van der Waals surface area (Å²) in [6, 6.07) is 18.3. The lowest BCUT2D eigenvalue weighted by Crippen LogP contribution is -2.31. The number of carbonyl (C=O) groups is 1. The molecule has 1 saturated carbocycles. The van der Waals surface area contributed by atoms with Crippen molar-refractivity contribution in [1.82, 2.24) is 4.90 Å². The second kappa shape index (κ2) is 6.86. The predicted octanol–water partition coefficient (Wildman–Crippen LogP) is 3.85. The normalized spacial score (nSPS) is 19.2. The van der Waals surface area contributed by atoms with Crippen LogP contribution in [0.4, 0.5) is 0 Å². The van der Waals surface area contributed by atoms with E-state index in [0.29, 0.717) is 12.5 Å². The molecule has 1 aliphatic rings. The number of rotatable bonds is 6. The molecular weight excluding hydrogens is 286 g/mol. The highest BCUT2D eigenvalue weighted by atomic mass is 16.5. The highest BCUT2D eigenvalue weighted by molar-refractivity contribution is 5.83. The Morgan fingerprint density at radius 3 is 2.43 bits per heavy atom. The van der Waals surface area contributed by atoms with Gasteiger partial charge in [-0.05, 0) is 42.5 Å². The Kier molecular flexibility index (Phi) is 4.65. The van der Waals surface area contributed by atoms with Gasteiger partial charge in [-0.2, -0.15) is 0 Å². The van der Waals surface area contributed by atoms with E-state index < -0.39 is 0 Å². The third-order valence-corrected chi connectivity index (χ3v) is 4.56. The van der Waals surface area contributed by atoms with Gasteiger partial charge in [0.25, 0.3) is 0 Å².